The molecule has 0 atom stereocenters. The molecule has 0 fully saturated rings. The maximum Gasteiger partial charge on any atom is 0.0465 e. The van der Waals surface area contributed by atoms with E-state index in [0.717, 1.165) is 6.42 Å². The van der Waals surface area contributed by atoms with Crippen LogP contribution in [0.4, 0.5) is 0 Å². The van der Waals surface area contributed by atoms with Gasteiger partial charge in [0.1, 0.15) is 0 Å². The number of aliphatic hydroxyl groups is 1. The minimum Gasteiger partial charge on any atom is -0.396 e. The van der Waals surface area contributed by atoms with Crippen LogP contribution in [0.2, 0.25) is 0 Å². The predicted octanol–water partition coefficient (Wildman–Crippen LogP) is 1.89. The van der Waals surface area contributed by atoms with E-state index in [1.807, 2.05) is 32.1 Å². The Bertz CT molecular complexity index is 112. The lowest BCUT2D eigenvalue weighted by Crippen LogP contribution is -1.75. The van der Waals surface area contributed by atoms with E-state index in [1.165, 1.54) is 5.57 Å². The van der Waals surface area contributed by atoms with Crippen LogP contribution in [0.25, 0.3) is 0 Å². The van der Waals surface area contributed by atoms with Crippen molar-refractivity contribution in [2.24, 2.45) is 0 Å². The molecule has 0 heterocycles. The average molecular weight is 126 g/mol. The summed E-state index contributed by atoms with van der Waals surface area (Å²) >= 11 is 0. The molecule has 0 aliphatic heterocycles. The summed E-state index contributed by atoms with van der Waals surface area (Å²) in [7, 11) is 0. The Morgan fingerprint density at radius 1 is 1.56 bits per heavy atom. The number of hydrogen-bond acceptors (Lipinski definition) is 1. The zero-order valence-electron chi connectivity index (χ0n) is 6.09. The molecule has 9 heavy (non-hydrogen) atoms. The van der Waals surface area contributed by atoms with Crippen LogP contribution in [0.1, 0.15) is 20.3 Å². The fourth-order valence-corrected chi connectivity index (χ4v) is 0.440. The maximum atomic E-state index is 8.38. The molecule has 0 amide bonds. The van der Waals surface area contributed by atoms with Gasteiger partial charge in [-0.1, -0.05) is 23.8 Å². The molecule has 0 aliphatic carbocycles. The normalized spacial score (nSPS) is 13.0. The third kappa shape index (κ3) is 5.31. The molecule has 0 rings (SSSR count). The second-order valence-electron chi connectivity index (χ2n) is 1.95. The van der Waals surface area contributed by atoms with E-state index < -0.39 is 0 Å². The van der Waals surface area contributed by atoms with E-state index in [-0.39, 0.29) is 6.61 Å². The molecule has 52 valence electrons. The Labute approximate surface area is 56.7 Å². The zero-order chi connectivity index (χ0) is 7.11. The Balaban J connectivity index is 3.45. The van der Waals surface area contributed by atoms with Crippen molar-refractivity contribution in [3.8, 4) is 0 Å². The molecule has 0 aromatic rings. The van der Waals surface area contributed by atoms with Gasteiger partial charge in [-0.2, -0.15) is 0 Å². The summed E-state index contributed by atoms with van der Waals surface area (Å²) in [6, 6.07) is 0. The van der Waals surface area contributed by atoms with Crippen molar-refractivity contribution >= 4 is 0 Å². The second-order valence-corrected chi connectivity index (χ2v) is 1.95. The highest BCUT2D eigenvalue weighted by Gasteiger charge is 1.75. The van der Waals surface area contributed by atoms with E-state index in [2.05, 4.69) is 0 Å². The Kier molecular flexibility index (Phi) is 5.23. The van der Waals surface area contributed by atoms with Crippen molar-refractivity contribution in [1.82, 2.24) is 0 Å². The monoisotopic (exact) mass is 126 g/mol. The van der Waals surface area contributed by atoms with Crippen LogP contribution in [0.15, 0.2) is 23.8 Å². The molecular weight excluding hydrogens is 112 g/mol. The standard InChI is InChI=1S/C8H14O/c1-3-8(2)6-4-5-7-9/h3-4,6,9H,5,7H2,1-2H3/b6-4+,8-3-. The first kappa shape index (κ1) is 8.44. The lowest BCUT2D eigenvalue weighted by molar-refractivity contribution is 0.302. The molecule has 0 radical (unpaired) electrons. The molecule has 0 saturated heterocycles. The van der Waals surface area contributed by atoms with Crippen LogP contribution in [-0.2, 0) is 0 Å². The minimum absolute atomic E-state index is 0.244. The van der Waals surface area contributed by atoms with Gasteiger partial charge in [0.25, 0.3) is 0 Å². The topological polar surface area (TPSA) is 20.2 Å². The molecule has 0 bridgehead atoms. The van der Waals surface area contributed by atoms with Gasteiger partial charge in [0.15, 0.2) is 0 Å². The van der Waals surface area contributed by atoms with Crippen molar-refractivity contribution in [2.75, 3.05) is 6.61 Å². The Morgan fingerprint density at radius 2 is 2.22 bits per heavy atom. The van der Waals surface area contributed by atoms with Crippen molar-refractivity contribution in [3.63, 3.8) is 0 Å². The molecule has 0 unspecified atom stereocenters. The molecular formula is C8H14O. The van der Waals surface area contributed by atoms with Gasteiger partial charge in [-0.3, -0.25) is 0 Å². The summed E-state index contributed by atoms with van der Waals surface area (Å²) in [4.78, 5) is 0. The first-order valence-corrected chi connectivity index (χ1v) is 3.21. The summed E-state index contributed by atoms with van der Waals surface area (Å²) in [6.45, 7) is 4.28. The van der Waals surface area contributed by atoms with E-state index in [1.54, 1.807) is 0 Å². The smallest absolute Gasteiger partial charge is 0.0465 e. The van der Waals surface area contributed by atoms with E-state index in [0.29, 0.717) is 0 Å². The van der Waals surface area contributed by atoms with Crippen LogP contribution >= 0.6 is 0 Å². The summed E-state index contributed by atoms with van der Waals surface area (Å²) in [5.74, 6) is 0. The summed E-state index contributed by atoms with van der Waals surface area (Å²) in [5, 5.41) is 8.38. The largest absolute Gasteiger partial charge is 0.396 e. The highest BCUT2D eigenvalue weighted by molar-refractivity contribution is 5.14. The van der Waals surface area contributed by atoms with Crippen molar-refractivity contribution in [2.45, 2.75) is 20.3 Å². The SMILES string of the molecule is C/C=C(C)\C=C\CCO. The second kappa shape index (κ2) is 5.57. The molecule has 1 N–H and O–H groups in total. The summed E-state index contributed by atoms with van der Waals surface area (Å²) < 4.78 is 0. The number of rotatable bonds is 3. The lowest BCUT2D eigenvalue weighted by atomic mass is 10.2. The van der Waals surface area contributed by atoms with E-state index in [9.17, 15) is 0 Å². The molecule has 0 spiro atoms. The fraction of sp³-hybridized carbons (Fsp3) is 0.500. The van der Waals surface area contributed by atoms with Gasteiger partial charge < -0.3 is 5.11 Å². The van der Waals surface area contributed by atoms with Gasteiger partial charge in [0.05, 0.1) is 0 Å². The maximum absolute atomic E-state index is 8.38. The van der Waals surface area contributed by atoms with Crippen LogP contribution in [0.5, 0.6) is 0 Å². The number of hydrogen-bond donors (Lipinski definition) is 1. The van der Waals surface area contributed by atoms with Gasteiger partial charge in [-0.15, -0.1) is 0 Å². The van der Waals surface area contributed by atoms with Crippen LogP contribution < -0.4 is 0 Å². The first-order chi connectivity index (χ1) is 4.31. The highest BCUT2D eigenvalue weighted by atomic mass is 16.2. The Morgan fingerprint density at radius 3 is 2.67 bits per heavy atom. The fourth-order valence-electron chi connectivity index (χ4n) is 0.440. The number of allylic oxidation sites excluding steroid dienone is 3. The third-order valence-corrected chi connectivity index (χ3v) is 1.13. The van der Waals surface area contributed by atoms with Crippen molar-refractivity contribution < 1.29 is 5.11 Å². The average Bonchev–Trinajstić information content (AvgIpc) is 1.89. The number of aliphatic hydroxyl groups excluding tert-OH is 1. The van der Waals surface area contributed by atoms with Gasteiger partial charge in [0.2, 0.25) is 0 Å². The summed E-state index contributed by atoms with van der Waals surface area (Å²) in [5.41, 5.74) is 1.24. The van der Waals surface area contributed by atoms with E-state index >= 15 is 0 Å². The van der Waals surface area contributed by atoms with Crippen molar-refractivity contribution in [1.29, 1.82) is 0 Å². The molecule has 0 saturated carbocycles. The van der Waals surface area contributed by atoms with Crippen LogP contribution in [0, 0.1) is 0 Å². The van der Waals surface area contributed by atoms with Gasteiger partial charge >= 0.3 is 0 Å². The zero-order valence-corrected chi connectivity index (χ0v) is 6.09. The van der Waals surface area contributed by atoms with E-state index in [4.69, 9.17) is 5.11 Å². The van der Waals surface area contributed by atoms with Gasteiger partial charge in [-0.25, -0.2) is 0 Å². The van der Waals surface area contributed by atoms with Gasteiger partial charge in [0, 0.05) is 6.61 Å². The lowest BCUT2D eigenvalue weighted by Gasteiger charge is -1.86. The third-order valence-electron chi connectivity index (χ3n) is 1.13. The Hall–Kier alpha value is -0.560. The highest BCUT2D eigenvalue weighted by Crippen LogP contribution is 1.94. The minimum atomic E-state index is 0.244. The van der Waals surface area contributed by atoms with Gasteiger partial charge in [-0.05, 0) is 20.3 Å². The summed E-state index contributed by atoms with van der Waals surface area (Å²) in [6.07, 6.45) is 6.77. The van der Waals surface area contributed by atoms with Crippen molar-refractivity contribution in [3.05, 3.63) is 23.8 Å². The first-order valence-electron chi connectivity index (χ1n) is 3.21. The predicted molar refractivity (Wildman–Crippen MR) is 40.3 cm³/mol. The molecule has 0 aromatic heterocycles. The van der Waals surface area contributed by atoms with Crippen LogP contribution in [0.3, 0.4) is 0 Å². The molecule has 0 aromatic carbocycles. The molecule has 1 nitrogen and oxygen atoms in total. The molecule has 1 heteroatoms. The quantitative estimate of drug-likeness (QED) is 0.572. The molecule has 0 aliphatic rings. The van der Waals surface area contributed by atoms with Crippen LogP contribution in [-0.4, -0.2) is 11.7 Å².